The first-order valence-corrected chi connectivity index (χ1v) is 23.5. The molecule has 3 aromatic heterocycles. The fourth-order valence-electron chi connectivity index (χ4n) is 5.72. The molecule has 0 aliphatic rings. The molecule has 0 fully saturated rings. The molecule has 0 spiro atoms. The summed E-state index contributed by atoms with van der Waals surface area (Å²) < 4.78 is 12.3. The van der Waals surface area contributed by atoms with Crippen molar-refractivity contribution in [1.29, 1.82) is 0 Å². The number of thiophene rings is 1. The van der Waals surface area contributed by atoms with E-state index in [0.717, 1.165) is 28.1 Å². The molecule has 5 heteroatoms. The maximum atomic E-state index is 8.37. The molecule has 1 radical (unpaired) electrons. The van der Waals surface area contributed by atoms with Crippen molar-refractivity contribution in [2.24, 2.45) is 0 Å². The molecule has 7 rings (SSSR count). The van der Waals surface area contributed by atoms with Crippen LogP contribution in [0.25, 0.3) is 53.8 Å². The van der Waals surface area contributed by atoms with Gasteiger partial charge in [0, 0.05) is 32.4 Å². The first kappa shape index (κ1) is 32.5. The first-order chi connectivity index (χ1) is 22.0. The van der Waals surface area contributed by atoms with Crippen molar-refractivity contribution in [2.45, 2.75) is 43.9 Å². The molecular weight excluding hydrogens is 817 g/mol. The van der Waals surface area contributed by atoms with Crippen LogP contribution in [0, 0.1) is 19.1 Å². The molecule has 0 saturated heterocycles. The third-order valence-corrected chi connectivity index (χ3v) is 13.8. The van der Waals surface area contributed by atoms with Gasteiger partial charge in [-0.25, -0.2) is 0 Å². The zero-order valence-corrected chi connectivity index (χ0v) is 32.4. The Kier molecular flexibility index (Phi) is 10.3. The van der Waals surface area contributed by atoms with Crippen molar-refractivity contribution in [3.8, 4) is 33.6 Å². The van der Waals surface area contributed by atoms with E-state index in [1.807, 2.05) is 56.3 Å². The van der Waals surface area contributed by atoms with E-state index in [1.54, 1.807) is 17.5 Å². The summed E-state index contributed by atoms with van der Waals surface area (Å²) in [4.78, 5) is 9.21. The minimum absolute atomic E-state index is 0. The maximum absolute atomic E-state index is 8.37. The standard InChI is InChI=1S/C26H20NS.C15H18GeN.Ir/c1-17(2)19-14-15-27-24(16-19)23-13-7-12-22-21-11-6-10-20(25(21)28-26(22)23)18-8-4-3-5-9-18;1-12-10-15(13-8-6-5-7-9-13)17-11-14(12)16(2,3)4;/h3-12,14-17H,1-2H3;5-8,10-11H,1-4H3;/q2*-1;/i17D;;. The number of rotatable bonds is 5. The second-order valence-corrected chi connectivity index (χ2v) is 24.2. The average molecular weight is 857 g/mol. The van der Waals surface area contributed by atoms with Crippen LogP contribution >= 0.6 is 11.3 Å². The number of benzene rings is 4. The van der Waals surface area contributed by atoms with E-state index in [-0.39, 0.29) is 20.1 Å². The Bertz CT molecular complexity index is 2130. The molecule has 0 amide bonds. The van der Waals surface area contributed by atoms with Gasteiger partial charge < -0.3 is 4.98 Å². The number of fused-ring (bicyclic) bond motifs is 3. The van der Waals surface area contributed by atoms with Crippen LogP contribution in [0.15, 0.2) is 116 Å². The van der Waals surface area contributed by atoms with Gasteiger partial charge in [0.2, 0.25) is 0 Å². The van der Waals surface area contributed by atoms with Gasteiger partial charge >= 0.3 is 106 Å². The number of hydrogen-bond acceptors (Lipinski definition) is 3. The molecule has 0 aliphatic carbocycles. The van der Waals surface area contributed by atoms with Crippen LogP contribution < -0.4 is 4.40 Å². The van der Waals surface area contributed by atoms with Crippen molar-refractivity contribution in [2.75, 3.05) is 0 Å². The summed E-state index contributed by atoms with van der Waals surface area (Å²) in [6.45, 7) is 6.00. The van der Waals surface area contributed by atoms with Crippen LogP contribution in [-0.2, 0) is 20.1 Å². The van der Waals surface area contributed by atoms with Crippen LogP contribution in [0.1, 0.15) is 32.2 Å². The molecular formula is C41H38GeIrN2S-2. The molecule has 2 nitrogen and oxygen atoms in total. The third-order valence-electron chi connectivity index (χ3n) is 8.04. The SMILES string of the molecule is Cc1cc(-c2[c-]cccc2)nc[c]1[Ge]([CH3])([CH3])[CH3].[2H]C(C)(C)c1ccnc(-c2[c-]ccc3c2sc2c(-c4ccccc4)cccc23)c1.[Ir]. The minimum Gasteiger partial charge on any atom is -0.305 e. The summed E-state index contributed by atoms with van der Waals surface area (Å²) in [6, 6.07) is 42.0. The van der Waals surface area contributed by atoms with Gasteiger partial charge in [0.15, 0.2) is 0 Å². The van der Waals surface area contributed by atoms with Gasteiger partial charge in [-0.2, -0.15) is 11.3 Å². The number of pyridine rings is 2. The summed E-state index contributed by atoms with van der Waals surface area (Å²) in [5.41, 5.74) is 8.80. The predicted octanol–water partition coefficient (Wildman–Crippen LogP) is 11.1. The maximum Gasteiger partial charge on any atom is 0.0346 e. The van der Waals surface area contributed by atoms with Crippen LogP contribution in [0.4, 0.5) is 0 Å². The molecule has 4 aromatic carbocycles. The van der Waals surface area contributed by atoms with Gasteiger partial charge in [-0.3, -0.25) is 0 Å². The van der Waals surface area contributed by atoms with Gasteiger partial charge in [-0.05, 0) is 38.9 Å². The molecule has 0 saturated carbocycles. The number of hydrogen-bond donors (Lipinski definition) is 0. The smallest absolute Gasteiger partial charge is 0.0346 e. The van der Waals surface area contributed by atoms with Gasteiger partial charge in [0.05, 0.1) is 0 Å². The predicted molar refractivity (Wildman–Crippen MR) is 197 cm³/mol. The molecule has 233 valence electrons. The van der Waals surface area contributed by atoms with E-state index < -0.39 is 19.2 Å². The molecule has 0 aliphatic heterocycles. The molecule has 0 unspecified atom stereocenters. The Labute approximate surface area is 295 Å². The fourth-order valence-corrected chi connectivity index (χ4v) is 10.6. The third kappa shape index (κ3) is 7.26. The topological polar surface area (TPSA) is 25.8 Å². The van der Waals surface area contributed by atoms with Crippen LogP contribution in [0.3, 0.4) is 0 Å². The van der Waals surface area contributed by atoms with Crippen molar-refractivity contribution in [1.82, 2.24) is 9.97 Å². The van der Waals surface area contributed by atoms with E-state index in [4.69, 9.17) is 1.37 Å². The van der Waals surface area contributed by atoms with Gasteiger partial charge in [0.1, 0.15) is 0 Å². The molecule has 3 heterocycles. The number of nitrogens with zero attached hydrogens (tertiary/aromatic N) is 2. The van der Waals surface area contributed by atoms with Crippen molar-refractivity contribution < 1.29 is 21.5 Å². The molecule has 46 heavy (non-hydrogen) atoms. The largest absolute Gasteiger partial charge is 0.305 e. The zero-order chi connectivity index (χ0) is 32.5. The van der Waals surface area contributed by atoms with Gasteiger partial charge in [-0.1, -0.05) is 79.4 Å². The van der Waals surface area contributed by atoms with E-state index in [9.17, 15) is 0 Å². The monoisotopic (exact) mass is 858 g/mol. The van der Waals surface area contributed by atoms with Crippen LogP contribution in [0.2, 0.25) is 17.3 Å². The summed E-state index contributed by atoms with van der Waals surface area (Å²) in [7, 11) is 0. The van der Waals surface area contributed by atoms with E-state index in [2.05, 4.69) is 113 Å². The quantitative estimate of drug-likeness (QED) is 0.127. The summed E-state index contributed by atoms with van der Waals surface area (Å²) in [5.74, 6) is 6.54. The second-order valence-electron chi connectivity index (χ2n) is 12.6. The van der Waals surface area contributed by atoms with Crippen molar-refractivity contribution >= 4 is 49.2 Å². The fraction of sp³-hybridized carbons (Fsp3) is 0.171. The van der Waals surface area contributed by atoms with Crippen molar-refractivity contribution in [3.05, 3.63) is 139 Å². The van der Waals surface area contributed by atoms with E-state index in [1.165, 1.54) is 41.3 Å². The summed E-state index contributed by atoms with van der Waals surface area (Å²) in [5, 5.41) is 2.49. The normalized spacial score (nSPS) is 11.8. The average Bonchev–Trinajstić information content (AvgIpc) is 3.44. The molecule has 7 aromatic rings. The Balaban J connectivity index is 0.000000207. The number of aromatic nitrogens is 2. The van der Waals surface area contributed by atoms with Crippen molar-refractivity contribution in [3.63, 3.8) is 0 Å². The Morgan fingerprint density at radius 2 is 1.52 bits per heavy atom. The van der Waals surface area contributed by atoms with Gasteiger partial charge in [0.25, 0.3) is 0 Å². The zero-order valence-electron chi connectivity index (χ0n) is 28.1. The van der Waals surface area contributed by atoms with E-state index in [0.29, 0.717) is 0 Å². The Morgan fingerprint density at radius 3 is 2.22 bits per heavy atom. The van der Waals surface area contributed by atoms with Crippen LogP contribution in [-0.4, -0.2) is 23.2 Å². The molecule has 0 N–H and O–H groups in total. The Hall–Kier alpha value is -3.41. The van der Waals surface area contributed by atoms with Crippen LogP contribution in [0.5, 0.6) is 0 Å². The second kappa shape index (κ2) is 14.6. The molecule has 0 bridgehead atoms. The van der Waals surface area contributed by atoms with E-state index >= 15 is 0 Å². The minimum atomic E-state index is -1.77. The number of aryl methyl sites for hydroxylation is 1. The van der Waals surface area contributed by atoms with Gasteiger partial charge in [-0.15, -0.1) is 23.8 Å². The summed E-state index contributed by atoms with van der Waals surface area (Å²) in [6.07, 6.45) is 3.88. The first-order valence-electron chi connectivity index (χ1n) is 15.8. The molecule has 0 atom stereocenters. The summed E-state index contributed by atoms with van der Waals surface area (Å²) >= 11 is 0.0272. The Morgan fingerprint density at radius 1 is 0.761 bits per heavy atom.